The van der Waals surface area contributed by atoms with Crippen LogP contribution < -0.4 is 0 Å². The van der Waals surface area contributed by atoms with Gasteiger partial charge < -0.3 is 19.4 Å². The van der Waals surface area contributed by atoms with E-state index < -0.39 is 16.2 Å². The molecule has 0 radical (unpaired) electrons. The molecule has 3 amide bonds. The highest BCUT2D eigenvalue weighted by atomic mass is 35.5. The van der Waals surface area contributed by atoms with Gasteiger partial charge in [0.05, 0.1) is 30.1 Å². The number of carbonyl (C=O) groups is 3. The minimum atomic E-state index is -4.02. The van der Waals surface area contributed by atoms with E-state index in [0.29, 0.717) is 56.8 Å². The zero-order valence-corrected chi connectivity index (χ0v) is 35.2. The molecule has 13 heteroatoms. The van der Waals surface area contributed by atoms with Crippen molar-refractivity contribution in [3.8, 4) is 0 Å². The number of aryl methyl sites for hydroxylation is 1. The van der Waals surface area contributed by atoms with E-state index in [9.17, 15) is 22.8 Å². The fraction of sp³-hybridized carbons (Fsp3) is 0.643. The third-order valence-corrected chi connectivity index (χ3v) is 13.0. The van der Waals surface area contributed by atoms with Gasteiger partial charge in [0.15, 0.2) is 0 Å². The molecule has 55 heavy (non-hydrogen) atoms. The van der Waals surface area contributed by atoms with E-state index >= 15 is 0 Å². The first-order valence-electron chi connectivity index (χ1n) is 19.9. The molecule has 3 heterocycles. The lowest BCUT2D eigenvalue weighted by Crippen LogP contribution is -2.53. The quantitative estimate of drug-likeness (QED) is 0.324. The number of hydrogen-bond donors (Lipinski definition) is 1. The van der Waals surface area contributed by atoms with Gasteiger partial charge >= 0.3 is 0 Å². The number of halogens is 1. The lowest BCUT2D eigenvalue weighted by Gasteiger charge is -2.41. The second-order valence-electron chi connectivity index (χ2n) is 17.3. The monoisotopic (exact) mass is 800 g/mol. The highest BCUT2D eigenvalue weighted by Gasteiger charge is 2.51. The SMILES string of the molecule is CC1CCC(N(C(=O)C(C)C)[C@H]2C[C@@H](C(=O)N3CCOCC3)N(C(=O)[C@@H]3CN(C(C)(C)C)C[C@H]3c3ccc(Cl)cc3)C2)CC1.Cc1ccc(S(=O)(=O)O)cc1. The second-order valence-corrected chi connectivity index (χ2v) is 19.1. The molecule has 1 N–H and O–H groups in total. The first-order chi connectivity index (χ1) is 25.8. The summed E-state index contributed by atoms with van der Waals surface area (Å²) in [4.78, 5) is 51.0. The summed E-state index contributed by atoms with van der Waals surface area (Å²) >= 11 is 6.25. The van der Waals surface area contributed by atoms with Crippen molar-refractivity contribution >= 4 is 39.4 Å². The Bertz CT molecular complexity index is 1730. The number of ether oxygens (including phenoxy) is 1. The first kappa shape index (κ1) is 43.1. The van der Waals surface area contributed by atoms with Crippen LogP contribution in [0, 0.1) is 24.7 Å². The maximum Gasteiger partial charge on any atom is 0.294 e. The average molecular weight is 801 g/mol. The van der Waals surface area contributed by atoms with Crippen molar-refractivity contribution in [1.82, 2.24) is 19.6 Å². The molecule has 1 aliphatic carbocycles. The molecule has 0 unspecified atom stereocenters. The summed E-state index contributed by atoms with van der Waals surface area (Å²) in [6, 6.07) is 13.3. The van der Waals surface area contributed by atoms with Gasteiger partial charge in [0.25, 0.3) is 10.1 Å². The van der Waals surface area contributed by atoms with E-state index in [0.717, 1.165) is 43.4 Å². The molecular formula is C42H61ClN4O7S. The van der Waals surface area contributed by atoms with Crippen molar-refractivity contribution in [2.45, 2.75) is 115 Å². The van der Waals surface area contributed by atoms with Crippen LogP contribution in [0.1, 0.15) is 90.7 Å². The van der Waals surface area contributed by atoms with Crippen molar-refractivity contribution in [2.75, 3.05) is 45.9 Å². The Balaban J connectivity index is 0.000000454. The van der Waals surface area contributed by atoms with Crippen molar-refractivity contribution < 1.29 is 32.1 Å². The van der Waals surface area contributed by atoms with Crippen LogP contribution in [-0.4, -0.2) is 120 Å². The summed E-state index contributed by atoms with van der Waals surface area (Å²) < 4.78 is 35.1. The standard InChI is InChI=1S/C35H53ClN4O4.C7H8O3S/c1-23(2)32(41)40(27-13-7-24(3)8-14-27)28-19-31(34(43)37-15-17-44-18-16-37)39(20-28)33(42)30-22-38(35(4,5)6)21-29(30)25-9-11-26(36)12-10-25;1-6-2-4-7(5-3-6)11(8,9)10/h9-12,23-24,27-31H,7-8,13-22H2,1-6H3;2-5H,1H3,(H,8,9,10)/t24?,27?,28-,29-,30+,31-;/m0./s1. The van der Waals surface area contributed by atoms with E-state index in [2.05, 4.69) is 37.5 Å². The number of hydrogen-bond acceptors (Lipinski definition) is 7. The number of nitrogens with zero attached hydrogens (tertiary/aromatic N) is 4. The number of likely N-dealkylation sites (tertiary alicyclic amines) is 2. The van der Waals surface area contributed by atoms with Crippen LogP contribution in [0.5, 0.6) is 0 Å². The Morgan fingerprint density at radius 3 is 2.02 bits per heavy atom. The number of morpholine rings is 1. The van der Waals surface area contributed by atoms with Crippen LogP contribution in [0.3, 0.4) is 0 Å². The van der Waals surface area contributed by atoms with Gasteiger partial charge in [-0.2, -0.15) is 8.42 Å². The number of amides is 3. The van der Waals surface area contributed by atoms with E-state index in [1.165, 1.54) is 12.1 Å². The Kier molecular flexibility index (Phi) is 14.1. The molecular weight excluding hydrogens is 740 g/mol. The lowest BCUT2D eigenvalue weighted by molar-refractivity contribution is -0.148. The van der Waals surface area contributed by atoms with Gasteiger partial charge in [-0.1, -0.05) is 62.2 Å². The van der Waals surface area contributed by atoms with Gasteiger partial charge in [-0.25, -0.2) is 0 Å². The van der Waals surface area contributed by atoms with Gasteiger partial charge in [-0.3, -0.25) is 23.8 Å². The number of rotatable bonds is 7. The molecule has 0 bridgehead atoms. The van der Waals surface area contributed by atoms with E-state index in [-0.39, 0.29) is 58.0 Å². The molecule has 4 aliphatic rings. The fourth-order valence-corrected chi connectivity index (χ4v) is 9.14. The van der Waals surface area contributed by atoms with Crippen molar-refractivity contribution in [3.05, 3.63) is 64.7 Å². The predicted octanol–water partition coefficient (Wildman–Crippen LogP) is 6.29. The molecule has 3 saturated heterocycles. The fourth-order valence-electron chi connectivity index (χ4n) is 8.54. The summed E-state index contributed by atoms with van der Waals surface area (Å²) in [5.74, 6) is 0.381. The van der Waals surface area contributed by atoms with Crippen LogP contribution in [-0.2, 0) is 29.2 Å². The Labute approximate surface area is 333 Å². The summed E-state index contributed by atoms with van der Waals surface area (Å²) in [5.41, 5.74) is 1.95. The normalized spacial score (nSPS) is 26.4. The zero-order valence-electron chi connectivity index (χ0n) is 33.6. The van der Waals surface area contributed by atoms with Crippen molar-refractivity contribution in [3.63, 3.8) is 0 Å². The highest BCUT2D eigenvalue weighted by Crippen LogP contribution is 2.40. The summed E-state index contributed by atoms with van der Waals surface area (Å²) in [5, 5.41) is 0.674. The van der Waals surface area contributed by atoms with Crippen LogP contribution in [0.15, 0.2) is 53.4 Å². The molecule has 0 aromatic heterocycles. The van der Waals surface area contributed by atoms with Crippen LogP contribution >= 0.6 is 11.6 Å². The van der Waals surface area contributed by atoms with E-state index in [1.807, 2.05) is 54.8 Å². The second kappa shape index (κ2) is 18.1. The van der Waals surface area contributed by atoms with Gasteiger partial charge in [0, 0.05) is 61.2 Å². The number of carbonyl (C=O) groups excluding carboxylic acids is 3. The molecule has 6 rings (SSSR count). The van der Waals surface area contributed by atoms with Crippen LogP contribution in [0.2, 0.25) is 5.02 Å². The molecule has 4 atom stereocenters. The summed E-state index contributed by atoms with van der Waals surface area (Å²) in [6.45, 7) is 18.5. The molecule has 4 fully saturated rings. The minimum absolute atomic E-state index is 0.00733. The summed E-state index contributed by atoms with van der Waals surface area (Å²) in [7, 11) is -4.02. The first-order valence-corrected chi connectivity index (χ1v) is 21.7. The van der Waals surface area contributed by atoms with Gasteiger partial charge in [0.1, 0.15) is 6.04 Å². The van der Waals surface area contributed by atoms with Crippen LogP contribution in [0.4, 0.5) is 0 Å². The third kappa shape index (κ3) is 10.7. The third-order valence-electron chi connectivity index (χ3n) is 11.9. The molecule has 11 nitrogen and oxygen atoms in total. The predicted molar refractivity (Wildman–Crippen MR) is 214 cm³/mol. The van der Waals surface area contributed by atoms with Crippen molar-refractivity contribution in [2.24, 2.45) is 17.8 Å². The molecule has 0 spiro atoms. The Morgan fingerprint density at radius 2 is 1.47 bits per heavy atom. The lowest BCUT2D eigenvalue weighted by atomic mass is 9.85. The summed E-state index contributed by atoms with van der Waals surface area (Å²) in [6.07, 6.45) is 4.66. The van der Waals surface area contributed by atoms with E-state index in [1.54, 1.807) is 12.1 Å². The molecule has 3 aliphatic heterocycles. The molecule has 1 saturated carbocycles. The minimum Gasteiger partial charge on any atom is -0.378 e. The highest BCUT2D eigenvalue weighted by molar-refractivity contribution is 7.85. The average Bonchev–Trinajstić information content (AvgIpc) is 3.79. The Hall–Kier alpha value is -3.03. The maximum absolute atomic E-state index is 14.8. The number of benzene rings is 2. The maximum atomic E-state index is 14.8. The van der Waals surface area contributed by atoms with Gasteiger partial charge in [-0.05, 0) is 95.5 Å². The topological polar surface area (TPSA) is 128 Å². The van der Waals surface area contributed by atoms with Crippen molar-refractivity contribution in [1.29, 1.82) is 0 Å². The molecule has 2 aromatic carbocycles. The van der Waals surface area contributed by atoms with Crippen LogP contribution in [0.25, 0.3) is 0 Å². The Morgan fingerprint density at radius 1 is 0.873 bits per heavy atom. The van der Waals surface area contributed by atoms with Gasteiger partial charge in [0.2, 0.25) is 17.7 Å². The smallest absolute Gasteiger partial charge is 0.294 e. The molecule has 2 aromatic rings. The van der Waals surface area contributed by atoms with E-state index in [4.69, 9.17) is 20.9 Å². The van der Waals surface area contributed by atoms with Gasteiger partial charge in [-0.15, -0.1) is 0 Å². The largest absolute Gasteiger partial charge is 0.378 e. The molecule has 304 valence electrons. The zero-order chi connectivity index (χ0) is 40.2.